The van der Waals surface area contributed by atoms with E-state index in [4.69, 9.17) is 0 Å². The van der Waals surface area contributed by atoms with Crippen LogP contribution in [0.5, 0.6) is 0 Å². The minimum absolute atomic E-state index is 0.462. The van der Waals surface area contributed by atoms with Crippen molar-refractivity contribution in [2.24, 2.45) is 5.41 Å². The molecule has 15 heavy (non-hydrogen) atoms. The highest BCUT2D eigenvalue weighted by molar-refractivity contribution is 7.80. The molecule has 0 saturated heterocycles. The van der Waals surface area contributed by atoms with Crippen LogP contribution in [-0.4, -0.2) is 15.5 Å². The Balaban J connectivity index is 2.15. The van der Waals surface area contributed by atoms with Crippen molar-refractivity contribution in [2.75, 3.05) is 5.75 Å². The van der Waals surface area contributed by atoms with Crippen molar-refractivity contribution < 1.29 is 0 Å². The molecule has 2 nitrogen and oxygen atoms in total. The summed E-state index contributed by atoms with van der Waals surface area (Å²) in [4.78, 5) is 0. The van der Waals surface area contributed by atoms with E-state index in [1.165, 1.54) is 24.2 Å². The zero-order valence-corrected chi connectivity index (χ0v) is 10.6. The summed E-state index contributed by atoms with van der Waals surface area (Å²) < 4.78 is 2.21. The van der Waals surface area contributed by atoms with Crippen LogP contribution < -0.4 is 0 Å². The monoisotopic (exact) mass is 224 g/mol. The summed E-state index contributed by atoms with van der Waals surface area (Å²) in [5.41, 5.74) is 3.06. The van der Waals surface area contributed by atoms with E-state index in [1.54, 1.807) is 0 Å². The normalized spacial score (nSPS) is 18.1. The van der Waals surface area contributed by atoms with Crippen molar-refractivity contribution in [2.45, 2.75) is 46.1 Å². The third kappa shape index (κ3) is 2.22. The Morgan fingerprint density at radius 1 is 1.40 bits per heavy atom. The molecule has 1 fully saturated rings. The predicted molar refractivity (Wildman–Crippen MR) is 66.5 cm³/mol. The Hall–Kier alpha value is -0.440. The second-order valence-electron chi connectivity index (χ2n) is 4.65. The zero-order valence-electron chi connectivity index (χ0n) is 9.66. The van der Waals surface area contributed by atoms with Gasteiger partial charge in [-0.3, -0.25) is 4.68 Å². The summed E-state index contributed by atoms with van der Waals surface area (Å²) in [5.74, 6) is 0.997. The first-order chi connectivity index (χ1) is 7.23. The van der Waals surface area contributed by atoms with Crippen LogP contribution in [-0.2, 0) is 19.4 Å². The fraction of sp³-hybridized carbons (Fsp3) is 0.750. The van der Waals surface area contributed by atoms with Crippen LogP contribution in [0, 0.1) is 5.41 Å². The Kier molecular flexibility index (Phi) is 3.10. The maximum Gasteiger partial charge on any atom is 0.0624 e. The highest BCUT2D eigenvalue weighted by atomic mass is 32.1. The zero-order chi connectivity index (χ0) is 10.9. The molecule has 1 aromatic rings. The van der Waals surface area contributed by atoms with Gasteiger partial charge in [0, 0.05) is 12.2 Å². The molecule has 1 aliphatic carbocycles. The van der Waals surface area contributed by atoms with Gasteiger partial charge in [0.25, 0.3) is 0 Å². The van der Waals surface area contributed by atoms with E-state index in [1.807, 2.05) is 0 Å². The number of aromatic nitrogens is 2. The van der Waals surface area contributed by atoms with E-state index >= 15 is 0 Å². The topological polar surface area (TPSA) is 17.8 Å². The lowest BCUT2D eigenvalue weighted by Crippen LogP contribution is -2.16. The standard InChI is InChI=1S/C12H20N2S/c1-3-10-7-11(4-2)14(13-10)8-12(9-15)5-6-12/h7,15H,3-6,8-9H2,1-2H3. The lowest BCUT2D eigenvalue weighted by Gasteiger charge is -2.13. The van der Waals surface area contributed by atoms with E-state index in [0.717, 1.165) is 25.1 Å². The molecular formula is C12H20N2S. The highest BCUT2D eigenvalue weighted by Crippen LogP contribution is 2.48. The van der Waals surface area contributed by atoms with Gasteiger partial charge in [0.1, 0.15) is 0 Å². The summed E-state index contributed by atoms with van der Waals surface area (Å²) in [6.07, 6.45) is 4.76. The number of aryl methyl sites for hydroxylation is 2. The van der Waals surface area contributed by atoms with Crippen LogP contribution in [0.15, 0.2) is 6.07 Å². The number of hydrogen-bond donors (Lipinski definition) is 1. The molecule has 1 saturated carbocycles. The fourth-order valence-corrected chi connectivity index (χ4v) is 2.39. The molecule has 1 aromatic heterocycles. The minimum Gasteiger partial charge on any atom is -0.269 e. The number of rotatable bonds is 5. The third-order valence-electron chi connectivity index (χ3n) is 3.42. The molecule has 3 heteroatoms. The maximum absolute atomic E-state index is 4.66. The Labute approximate surface area is 97.5 Å². The first kappa shape index (κ1) is 11.1. The number of nitrogens with zero attached hydrogens (tertiary/aromatic N) is 2. The fourth-order valence-electron chi connectivity index (χ4n) is 1.97. The van der Waals surface area contributed by atoms with Crippen LogP contribution in [0.2, 0.25) is 0 Å². The second-order valence-corrected chi connectivity index (χ2v) is 4.97. The van der Waals surface area contributed by atoms with Gasteiger partial charge in [0.05, 0.1) is 5.69 Å². The van der Waals surface area contributed by atoms with Gasteiger partial charge in [-0.1, -0.05) is 13.8 Å². The van der Waals surface area contributed by atoms with Crippen molar-refractivity contribution in [1.82, 2.24) is 9.78 Å². The summed E-state index contributed by atoms with van der Waals surface area (Å²) in [6, 6.07) is 2.24. The molecule has 0 aromatic carbocycles. The molecule has 0 atom stereocenters. The van der Waals surface area contributed by atoms with Gasteiger partial charge in [0.15, 0.2) is 0 Å². The van der Waals surface area contributed by atoms with Gasteiger partial charge >= 0.3 is 0 Å². The summed E-state index contributed by atoms with van der Waals surface area (Å²) in [6.45, 7) is 5.44. The van der Waals surface area contributed by atoms with Crippen LogP contribution in [0.4, 0.5) is 0 Å². The van der Waals surface area contributed by atoms with Gasteiger partial charge in [-0.15, -0.1) is 0 Å². The quantitative estimate of drug-likeness (QED) is 0.761. The smallest absolute Gasteiger partial charge is 0.0624 e. The molecule has 0 bridgehead atoms. The van der Waals surface area contributed by atoms with Crippen LogP contribution in [0.25, 0.3) is 0 Å². The second kappa shape index (κ2) is 4.20. The van der Waals surface area contributed by atoms with Crippen LogP contribution in [0.1, 0.15) is 38.1 Å². The average Bonchev–Trinajstić information content (AvgIpc) is 2.92. The lowest BCUT2D eigenvalue weighted by atomic mass is 10.1. The van der Waals surface area contributed by atoms with E-state index < -0.39 is 0 Å². The Bertz CT molecular complexity index is 339. The summed E-state index contributed by atoms with van der Waals surface area (Å²) in [5, 5.41) is 4.66. The lowest BCUT2D eigenvalue weighted by molar-refractivity contribution is 0.428. The van der Waals surface area contributed by atoms with E-state index in [2.05, 4.69) is 42.3 Å². The SMILES string of the molecule is CCc1cc(CC)n(CC2(CS)CC2)n1. The Morgan fingerprint density at radius 2 is 2.13 bits per heavy atom. The molecule has 2 rings (SSSR count). The molecule has 0 aliphatic heterocycles. The molecule has 84 valence electrons. The van der Waals surface area contributed by atoms with E-state index in [-0.39, 0.29) is 0 Å². The van der Waals surface area contributed by atoms with Crippen molar-refractivity contribution in [1.29, 1.82) is 0 Å². The van der Waals surface area contributed by atoms with Crippen molar-refractivity contribution in [3.05, 3.63) is 17.5 Å². The Morgan fingerprint density at radius 3 is 2.60 bits per heavy atom. The summed E-state index contributed by atoms with van der Waals surface area (Å²) >= 11 is 4.45. The molecule has 0 amide bonds. The van der Waals surface area contributed by atoms with Crippen molar-refractivity contribution >= 4 is 12.6 Å². The minimum atomic E-state index is 0.462. The third-order valence-corrected chi connectivity index (χ3v) is 4.09. The maximum atomic E-state index is 4.66. The molecule has 0 radical (unpaired) electrons. The molecule has 0 unspecified atom stereocenters. The van der Waals surface area contributed by atoms with Crippen LogP contribution in [0.3, 0.4) is 0 Å². The largest absolute Gasteiger partial charge is 0.269 e. The average molecular weight is 224 g/mol. The molecule has 0 spiro atoms. The van der Waals surface area contributed by atoms with Gasteiger partial charge < -0.3 is 0 Å². The van der Waals surface area contributed by atoms with Crippen molar-refractivity contribution in [3.63, 3.8) is 0 Å². The van der Waals surface area contributed by atoms with Crippen molar-refractivity contribution in [3.8, 4) is 0 Å². The predicted octanol–water partition coefficient (Wildman–Crippen LogP) is 2.72. The highest BCUT2D eigenvalue weighted by Gasteiger charge is 2.42. The van der Waals surface area contributed by atoms with Gasteiger partial charge in [0.2, 0.25) is 0 Å². The van der Waals surface area contributed by atoms with Crippen LogP contribution >= 0.6 is 12.6 Å². The van der Waals surface area contributed by atoms with Gasteiger partial charge in [-0.25, -0.2) is 0 Å². The number of hydrogen-bond acceptors (Lipinski definition) is 2. The molecule has 0 N–H and O–H groups in total. The van der Waals surface area contributed by atoms with Gasteiger partial charge in [-0.05, 0) is 42.9 Å². The molecule has 1 heterocycles. The van der Waals surface area contributed by atoms with Gasteiger partial charge in [-0.2, -0.15) is 17.7 Å². The summed E-state index contributed by atoms with van der Waals surface area (Å²) in [7, 11) is 0. The first-order valence-corrected chi connectivity index (χ1v) is 6.53. The first-order valence-electron chi connectivity index (χ1n) is 5.89. The molecule has 1 aliphatic rings. The van der Waals surface area contributed by atoms with E-state index in [9.17, 15) is 0 Å². The molecular weight excluding hydrogens is 204 g/mol. The van der Waals surface area contributed by atoms with E-state index in [0.29, 0.717) is 5.41 Å². The number of thiol groups is 1.